The standard InChI is InChI=1S/C12H8Cl2F2S/c1-6-4-7(10(16)5-9(6)15)11(14)12-8(13)2-3-17-12/h2-5,11H,1H3. The number of thiophene rings is 1. The lowest BCUT2D eigenvalue weighted by atomic mass is 10.1. The molecule has 1 aromatic heterocycles. The molecular formula is C12H8Cl2F2S. The second kappa shape index (κ2) is 4.92. The maximum absolute atomic E-state index is 13.6. The first-order valence-corrected chi connectivity index (χ1v) is 6.52. The molecule has 0 radical (unpaired) electrons. The lowest BCUT2D eigenvalue weighted by Gasteiger charge is -2.11. The molecule has 1 unspecified atom stereocenters. The lowest BCUT2D eigenvalue weighted by Crippen LogP contribution is -1.98. The third-order valence-corrected chi connectivity index (χ3v) is 4.43. The largest absolute Gasteiger partial charge is 0.207 e. The summed E-state index contributed by atoms with van der Waals surface area (Å²) in [4.78, 5) is 0.665. The SMILES string of the molecule is Cc1cc(C(Cl)c2sccc2Cl)c(F)cc1F. The van der Waals surface area contributed by atoms with E-state index in [2.05, 4.69) is 0 Å². The van der Waals surface area contributed by atoms with Gasteiger partial charge < -0.3 is 0 Å². The van der Waals surface area contributed by atoms with Crippen molar-refractivity contribution in [3.8, 4) is 0 Å². The molecule has 0 aliphatic rings. The Morgan fingerprint density at radius 3 is 2.53 bits per heavy atom. The predicted molar refractivity (Wildman–Crippen MR) is 68.1 cm³/mol. The lowest BCUT2D eigenvalue weighted by molar-refractivity contribution is 0.568. The highest BCUT2D eigenvalue weighted by Crippen LogP contribution is 2.38. The molecule has 1 atom stereocenters. The van der Waals surface area contributed by atoms with Crippen LogP contribution in [0.15, 0.2) is 23.6 Å². The molecule has 0 bridgehead atoms. The van der Waals surface area contributed by atoms with Gasteiger partial charge in [0, 0.05) is 16.5 Å². The maximum atomic E-state index is 13.6. The van der Waals surface area contributed by atoms with Crippen LogP contribution in [0.4, 0.5) is 8.78 Å². The van der Waals surface area contributed by atoms with Gasteiger partial charge in [-0.3, -0.25) is 0 Å². The summed E-state index contributed by atoms with van der Waals surface area (Å²) < 4.78 is 26.8. The molecule has 1 heterocycles. The van der Waals surface area contributed by atoms with Crippen LogP contribution >= 0.6 is 34.5 Å². The van der Waals surface area contributed by atoms with E-state index in [0.29, 0.717) is 15.5 Å². The van der Waals surface area contributed by atoms with Gasteiger partial charge in [-0.2, -0.15) is 0 Å². The quantitative estimate of drug-likeness (QED) is 0.658. The average molecular weight is 293 g/mol. The molecule has 5 heteroatoms. The molecule has 0 fully saturated rings. The van der Waals surface area contributed by atoms with Crippen LogP contribution in [-0.4, -0.2) is 0 Å². The smallest absolute Gasteiger partial charge is 0.131 e. The average Bonchev–Trinajstić information content (AvgIpc) is 2.69. The van der Waals surface area contributed by atoms with Crippen LogP contribution in [0.1, 0.15) is 21.4 Å². The Labute approximate surface area is 112 Å². The van der Waals surface area contributed by atoms with Gasteiger partial charge in [0.15, 0.2) is 0 Å². The maximum Gasteiger partial charge on any atom is 0.131 e. The molecule has 17 heavy (non-hydrogen) atoms. The van der Waals surface area contributed by atoms with Gasteiger partial charge in [-0.15, -0.1) is 22.9 Å². The van der Waals surface area contributed by atoms with Crippen molar-refractivity contribution in [2.75, 3.05) is 0 Å². The van der Waals surface area contributed by atoms with Crippen LogP contribution in [0.3, 0.4) is 0 Å². The first kappa shape index (κ1) is 12.8. The predicted octanol–water partition coefficient (Wildman–Crippen LogP) is 5.32. The molecule has 0 saturated heterocycles. The van der Waals surface area contributed by atoms with Gasteiger partial charge in [0.05, 0.1) is 10.4 Å². The Balaban J connectivity index is 2.48. The van der Waals surface area contributed by atoms with E-state index >= 15 is 0 Å². The third kappa shape index (κ3) is 2.46. The second-order valence-corrected chi connectivity index (χ2v) is 5.41. The Hall–Kier alpha value is -0.640. The highest BCUT2D eigenvalue weighted by atomic mass is 35.5. The number of alkyl halides is 1. The van der Waals surface area contributed by atoms with Crippen molar-refractivity contribution in [3.63, 3.8) is 0 Å². The van der Waals surface area contributed by atoms with E-state index in [0.717, 1.165) is 6.07 Å². The fourth-order valence-corrected chi connectivity index (χ4v) is 3.15. The molecule has 1 aromatic carbocycles. The van der Waals surface area contributed by atoms with Gasteiger partial charge in [0.2, 0.25) is 0 Å². The first-order chi connectivity index (χ1) is 8.00. The Morgan fingerprint density at radius 1 is 1.24 bits per heavy atom. The fraction of sp³-hybridized carbons (Fsp3) is 0.167. The minimum atomic E-state index is -0.693. The number of aryl methyl sites for hydroxylation is 1. The van der Waals surface area contributed by atoms with Gasteiger partial charge >= 0.3 is 0 Å². The van der Waals surface area contributed by atoms with Gasteiger partial charge in [-0.1, -0.05) is 11.6 Å². The summed E-state index contributed by atoms with van der Waals surface area (Å²) in [6, 6.07) is 3.96. The van der Waals surface area contributed by atoms with Crippen LogP contribution in [0.25, 0.3) is 0 Å². The normalized spacial score (nSPS) is 12.8. The summed E-state index contributed by atoms with van der Waals surface area (Å²) >= 11 is 13.5. The molecule has 0 N–H and O–H groups in total. The van der Waals surface area contributed by atoms with Crippen molar-refractivity contribution in [1.82, 2.24) is 0 Å². The van der Waals surface area contributed by atoms with E-state index in [4.69, 9.17) is 23.2 Å². The van der Waals surface area contributed by atoms with Crippen molar-refractivity contribution in [2.45, 2.75) is 12.3 Å². The van der Waals surface area contributed by atoms with E-state index in [1.807, 2.05) is 0 Å². The van der Waals surface area contributed by atoms with Crippen molar-refractivity contribution >= 4 is 34.5 Å². The van der Waals surface area contributed by atoms with Crippen molar-refractivity contribution in [3.05, 3.63) is 56.2 Å². The van der Waals surface area contributed by atoms with Crippen LogP contribution in [0.5, 0.6) is 0 Å². The van der Waals surface area contributed by atoms with Crippen molar-refractivity contribution in [1.29, 1.82) is 0 Å². The number of benzene rings is 1. The van der Waals surface area contributed by atoms with Gasteiger partial charge in [-0.05, 0) is 30.0 Å². The van der Waals surface area contributed by atoms with E-state index < -0.39 is 17.0 Å². The summed E-state index contributed by atoms with van der Waals surface area (Å²) in [5.41, 5.74) is 0.606. The Kier molecular flexibility index (Phi) is 3.71. The fourth-order valence-electron chi connectivity index (χ4n) is 1.50. The van der Waals surface area contributed by atoms with E-state index in [-0.39, 0.29) is 5.56 Å². The zero-order valence-corrected chi connectivity index (χ0v) is 11.1. The van der Waals surface area contributed by atoms with Gasteiger partial charge in [0.1, 0.15) is 11.6 Å². The number of halogens is 4. The molecule has 0 spiro atoms. The Morgan fingerprint density at radius 2 is 1.94 bits per heavy atom. The summed E-state index contributed by atoms with van der Waals surface area (Å²) in [6.07, 6.45) is 0. The molecular weight excluding hydrogens is 285 g/mol. The van der Waals surface area contributed by atoms with E-state index in [1.165, 1.54) is 17.4 Å². The van der Waals surface area contributed by atoms with Crippen LogP contribution in [0.2, 0.25) is 5.02 Å². The zero-order chi connectivity index (χ0) is 12.6. The number of rotatable bonds is 2. The summed E-state index contributed by atoms with van der Waals surface area (Å²) in [5.74, 6) is -1.23. The molecule has 0 aliphatic heterocycles. The molecule has 0 amide bonds. The van der Waals surface area contributed by atoms with Gasteiger partial charge in [0.25, 0.3) is 0 Å². The zero-order valence-electron chi connectivity index (χ0n) is 8.81. The third-order valence-electron chi connectivity index (χ3n) is 2.43. The van der Waals surface area contributed by atoms with Crippen LogP contribution in [0, 0.1) is 18.6 Å². The van der Waals surface area contributed by atoms with Gasteiger partial charge in [-0.25, -0.2) is 8.78 Å². The van der Waals surface area contributed by atoms with E-state index in [1.54, 1.807) is 18.4 Å². The number of hydrogen-bond donors (Lipinski definition) is 0. The first-order valence-electron chi connectivity index (χ1n) is 4.83. The van der Waals surface area contributed by atoms with Crippen LogP contribution in [-0.2, 0) is 0 Å². The second-order valence-electron chi connectivity index (χ2n) is 3.62. The van der Waals surface area contributed by atoms with Crippen LogP contribution < -0.4 is 0 Å². The molecule has 2 aromatic rings. The monoisotopic (exact) mass is 292 g/mol. The topological polar surface area (TPSA) is 0 Å². The number of hydrogen-bond acceptors (Lipinski definition) is 1. The molecule has 2 rings (SSSR count). The summed E-state index contributed by atoms with van der Waals surface area (Å²) in [5, 5.41) is 1.58. The molecule has 90 valence electrons. The highest BCUT2D eigenvalue weighted by Gasteiger charge is 2.20. The minimum Gasteiger partial charge on any atom is -0.207 e. The highest BCUT2D eigenvalue weighted by molar-refractivity contribution is 7.11. The molecule has 0 saturated carbocycles. The summed E-state index contributed by atoms with van der Waals surface area (Å²) in [7, 11) is 0. The van der Waals surface area contributed by atoms with Crippen molar-refractivity contribution < 1.29 is 8.78 Å². The molecule has 0 aliphatic carbocycles. The van der Waals surface area contributed by atoms with Crippen molar-refractivity contribution in [2.24, 2.45) is 0 Å². The minimum absolute atomic E-state index is 0.245. The summed E-state index contributed by atoms with van der Waals surface area (Å²) in [6.45, 7) is 1.57. The molecule has 0 nitrogen and oxygen atoms in total. The van der Waals surface area contributed by atoms with E-state index in [9.17, 15) is 8.78 Å². The Bertz CT molecular complexity index is 551.